The fraction of sp³-hybridized carbons (Fsp3) is 0.200. The van der Waals surface area contributed by atoms with Crippen LogP contribution in [0.4, 0.5) is 13.2 Å². The Hall–Kier alpha value is -3.18. The van der Waals surface area contributed by atoms with Crippen molar-refractivity contribution in [2.75, 3.05) is 0 Å². The Morgan fingerprint density at radius 2 is 1.55 bits per heavy atom. The maximum atomic E-state index is 12.6. The van der Waals surface area contributed by atoms with Gasteiger partial charge in [0.2, 0.25) is 10.0 Å². The van der Waals surface area contributed by atoms with E-state index in [2.05, 4.69) is 4.72 Å². The van der Waals surface area contributed by atoms with Crippen molar-refractivity contribution in [3.05, 3.63) is 64.6 Å². The number of benzene rings is 2. The zero-order valence-electron chi connectivity index (χ0n) is 16.4. The molecule has 0 aliphatic heterocycles. The summed E-state index contributed by atoms with van der Waals surface area (Å²) in [6.07, 6.45) is -3.27. The van der Waals surface area contributed by atoms with Gasteiger partial charge in [-0.3, -0.25) is 9.59 Å². The third kappa shape index (κ3) is 7.87. The van der Waals surface area contributed by atoms with Crippen LogP contribution in [0.3, 0.4) is 0 Å². The lowest BCUT2D eigenvalue weighted by molar-refractivity contribution is -0.137. The molecule has 0 spiro atoms. The fourth-order valence-electron chi connectivity index (χ4n) is 2.31. The predicted octanol–water partition coefficient (Wildman–Crippen LogP) is 3.65. The molecule has 0 atom stereocenters. The molecule has 7 nitrogen and oxygen atoms in total. The molecule has 0 radical (unpaired) electrons. The van der Waals surface area contributed by atoms with Gasteiger partial charge in [0.05, 0.1) is 5.56 Å². The zero-order valence-corrected chi connectivity index (χ0v) is 17.2. The monoisotopic (exact) mass is 457 g/mol. The van der Waals surface area contributed by atoms with Crippen LogP contribution >= 0.6 is 0 Å². The van der Waals surface area contributed by atoms with Crippen LogP contribution in [-0.4, -0.2) is 20.4 Å². The lowest BCUT2D eigenvalue weighted by atomic mass is 10.1. The standard InChI is InChI=1S/C20H18F3NO6S/c1-13(25)29-18-8-5-15(11-19(18)30-14(2)26)9-10-31(27,28)24-12-16-3-6-17(7-4-16)20(21,22)23/h3-11,24H,12H2,1-2H3/b10-9+. The van der Waals surface area contributed by atoms with Crippen molar-refractivity contribution in [2.45, 2.75) is 26.6 Å². The molecule has 0 aliphatic carbocycles. The summed E-state index contributed by atoms with van der Waals surface area (Å²) in [5.74, 6) is -1.38. The molecule has 0 amide bonds. The first-order chi connectivity index (χ1) is 14.4. The van der Waals surface area contributed by atoms with Crippen molar-refractivity contribution in [1.82, 2.24) is 4.72 Å². The number of nitrogens with one attached hydrogen (secondary N) is 1. The highest BCUT2D eigenvalue weighted by atomic mass is 32.2. The van der Waals surface area contributed by atoms with Crippen LogP contribution in [-0.2, 0) is 32.3 Å². The number of halogens is 3. The summed E-state index contributed by atoms with van der Waals surface area (Å²) in [4.78, 5) is 22.4. The van der Waals surface area contributed by atoms with E-state index in [9.17, 15) is 31.2 Å². The second kappa shape index (κ2) is 9.75. The maximum absolute atomic E-state index is 12.6. The van der Waals surface area contributed by atoms with Gasteiger partial charge in [0.1, 0.15) is 0 Å². The van der Waals surface area contributed by atoms with E-state index in [1.54, 1.807) is 0 Å². The minimum absolute atomic E-state index is 0.0110. The van der Waals surface area contributed by atoms with Crippen LogP contribution in [0.15, 0.2) is 47.9 Å². The first-order valence-corrected chi connectivity index (χ1v) is 10.2. The van der Waals surface area contributed by atoms with Gasteiger partial charge in [0, 0.05) is 25.8 Å². The third-order valence-corrected chi connectivity index (χ3v) is 4.71. The number of rotatable bonds is 7. The van der Waals surface area contributed by atoms with Gasteiger partial charge in [0.25, 0.3) is 0 Å². The normalized spacial score (nSPS) is 12.0. The van der Waals surface area contributed by atoms with E-state index in [1.807, 2.05) is 0 Å². The van der Waals surface area contributed by atoms with E-state index in [0.29, 0.717) is 11.1 Å². The van der Waals surface area contributed by atoms with Crippen molar-refractivity contribution >= 4 is 28.0 Å². The molecule has 2 aromatic rings. The van der Waals surface area contributed by atoms with E-state index in [0.717, 1.165) is 24.5 Å². The Labute approximate surface area is 176 Å². The van der Waals surface area contributed by atoms with Gasteiger partial charge >= 0.3 is 18.1 Å². The number of ether oxygens (including phenoxy) is 2. The molecule has 0 fully saturated rings. The second-order valence-corrected chi connectivity index (χ2v) is 7.91. The van der Waals surface area contributed by atoms with E-state index in [4.69, 9.17) is 9.47 Å². The quantitative estimate of drug-likeness (QED) is 0.504. The van der Waals surface area contributed by atoms with Gasteiger partial charge in [-0.1, -0.05) is 18.2 Å². The van der Waals surface area contributed by atoms with Crippen molar-refractivity contribution in [3.8, 4) is 11.5 Å². The number of carbonyl (C=O) groups excluding carboxylic acids is 2. The van der Waals surface area contributed by atoms with Gasteiger partial charge in [0.15, 0.2) is 11.5 Å². The van der Waals surface area contributed by atoms with E-state index in [-0.39, 0.29) is 18.0 Å². The molecule has 2 rings (SSSR count). The van der Waals surface area contributed by atoms with Crippen molar-refractivity contribution in [2.24, 2.45) is 0 Å². The summed E-state index contributed by atoms with van der Waals surface area (Å²) < 4.78 is 74.1. The van der Waals surface area contributed by atoms with Crippen molar-refractivity contribution < 1.29 is 40.7 Å². The van der Waals surface area contributed by atoms with E-state index < -0.39 is 33.7 Å². The Morgan fingerprint density at radius 3 is 2.10 bits per heavy atom. The van der Waals surface area contributed by atoms with Crippen LogP contribution in [0.25, 0.3) is 6.08 Å². The number of alkyl halides is 3. The zero-order chi connectivity index (χ0) is 23.2. The Morgan fingerprint density at radius 1 is 0.968 bits per heavy atom. The Balaban J connectivity index is 2.10. The van der Waals surface area contributed by atoms with Crippen LogP contribution in [0.5, 0.6) is 11.5 Å². The molecule has 0 aromatic heterocycles. The summed E-state index contributed by atoms with van der Waals surface area (Å²) in [6, 6.07) is 8.15. The third-order valence-electron chi connectivity index (χ3n) is 3.67. The SMILES string of the molecule is CC(=O)Oc1ccc(/C=C/S(=O)(=O)NCc2ccc(C(F)(F)F)cc2)cc1OC(C)=O. The number of carbonyl (C=O) groups is 2. The summed E-state index contributed by atoms with van der Waals surface area (Å²) in [5, 5.41) is 0.843. The molecular weight excluding hydrogens is 439 g/mol. The first-order valence-electron chi connectivity index (χ1n) is 8.70. The smallest absolute Gasteiger partial charge is 0.416 e. The summed E-state index contributed by atoms with van der Waals surface area (Å²) in [5.41, 5.74) is -0.167. The largest absolute Gasteiger partial charge is 0.423 e. The van der Waals surface area contributed by atoms with Gasteiger partial charge in [-0.05, 0) is 41.5 Å². The molecule has 0 aliphatic rings. The van der Waals surface area contributed by atoms with Crippen LogP contribution < -0.4 is 14.2 Å². The predicted molar refractivity (Wildman–Crippen MR) is 105 cm³/mol. The molecule has 166 valence electrons. The van der Waals surface area contributed by atoms with E-state index >= 15 is 0 Å². The molecular formula is C20H18F3NO6S. The van der Waals surface area contributed by atoms with Gasteiger partial charge < -0.3 is 9.47 Å². The van der Waals surface area contributed by atoms with Crippen LogP contribution in [0.2, 0.25) is 0 Å². The number of hydrogen-bond acceptors (Lipinski definition) is 6. The highest BCUT2D eigenvalue weighted by Gasteiger charge is 2.29. The molecule has 31 heavy (non-hydrogen) atoms. The summed E-state index contributed by atoms with van der Waals surface area (Å²) in [6.45, 7) is 2.10. The summed E-state index contributed by atoms with van der Waals surface area (Å²) >= 11 is 0. The number of hydrogen-bond donors (Lipinski definition) is 1. The maximum Gasteiger partial charge on any atom is 0.416 e. The van der Waals surface area contributed by atoms with E-state index in [1.165, 1.54) is 43.3 Å². The minimum Gasteiger partial charge on any atom is -0.423 e. The minimum atomic E-state index is -4.48. The first kappa shape index (κ1) is 24.1. The average molecular weight is 457 g/mol. The molecule has 1 N–H and O–H groups in total. The molecule has 2 aromatic carbocycles. The highest BCUT2D eigenvalue weighted by Crippen LogP contribution is 2.30. The Kier molecular flexibility index (Phi) is 7.58. The molecule has 0 saturated carbocycles. The molecule has 11 heteroatoms. The van der Waals surface area contributed by atoms with Gasteiger partial charge in [-0.15, -0.1) is 0 Å². The lowest BCUT2D eigenvalue weighted by Gasteiger charge is -2.09. The Bertz CT molecular complexity index is 1090. The van der Waals surface area contributed by atoms with Crippen molar-refractivity contribution in [3.63, 3.8) is 0 Å². The van der Waals surface area contributed by atoms with Gasteiger partial charge in [-0.2, -0.15) is 13.2 Å². The number of esters is 2. The molecule has 0 bridgehead atoms. The average Bonchev–Trinajstić information content (AvgIpc) is 2.65. The summed E-state index contributed by atoms with van der Waals surface area (Å²) in [7, 11) is -3.93. The molecule has 0 saturated heterocycles. The van der Waals surface area contributed by atoms with Crippen LogP contribution in [0, 0.1) is 0 Å². The van der Waals surface area contributed by atoms with Gasteiger partial charge in [-0.25, -0.2) is 13.1 Å². The van der Waals surface area contributed by atoms with Crippen LogP contribution in [0.1, 0.15) is 30.5 Å². The molecule has 0 unspecified atom stereocenters. The van der Waals surface area contributed by atoms with Crippen molar-refractivity contribution in [1.29, 1.82) is 0 Å². The second-order valence-electron chi connectivity index (χ2n) is 6.26. The lowest BCUT2D eigenvalue weighted by Crippen LogP contribution is -2.20. The highest BCUT2D eigenvalue weighted by molar-refractivity contribution is 7.92. The molecule has 0 heterocycles. The number of sulfonamides is 1. The topological polar surface area (TPSA) is 98.8 Å². The fourth-order valence-corrected chi connectivity index (χ4v) is 3.11.